The van der Waals surface area contributed by atoms with Crippen molar-refractivity contribution in [3.8, 4) is 5.75 Å². The zero-order valence-electron chi connectivity index (χ0n) is 17.9. The second kappa shape index (κ2) is 10.2. The fourth-order valence-corrected chi connectivity index (χ4v) is 3.24. The number of furan rings is 1. The van der Waals surface area contributed by atoms with Crippen LogP contribution < -0.4 is 4.74 Å². The number of fused-ring (bicyclic) bond motifs is 1. The number of hydrogen-bond acceptors (Lipinski definition) is 5. The first kappa shape index (κ1) is 23.1. The number of nitrogens with zero attached hydrogens (tertiary/aromatic N) is 1. The largest absolute Gasteiger partial charge is 0.475 e. The maximum absolute atomic E-state index is 12.6. The highest BCUT2D eigenvalue weighted by atomic mass is 19.4. The summed E-state index contributed by atoms with van der Waals surface area (Å²) >= 11 is 0. The first-order valence-electron chi connectivity index (χ1n) is 10.4. The second-order valence-electron chi connectivity index (χ2n) is 7.47. The Hall–Kier alpha value is -4.07. The summed E-state index contributed by atoms with van der Waals surface area (Å²) in [5.41, 5.74) is 1.49. The van der Waals surface area contributed by atoms with Crippen LogP contribution in [0.1, 0.15) is 28.6 Å². The standard InChI is InChI=1S/C26H20F3NO4/c27-26(28,29)21-9-5-19(6-10-21)17-32-30-14-13-18-7-11-22(12-8-18)33-25(16-31)24-15-20-3-1-2-4-23(20)34-24/h1-12,14-16,25H,13,17H2. The summed E-state index contributed by atoms with van der Waals surface area (Å²) in [6.45, 7) is 0.0658. The number of alkyl halides is 3. The van der Waals surface area contributed by atoms with Gasteiger partial charge in [-0.1, -0.05) is 47.6 Å². The van der Waals surface area contributed by atoms with Gasteiger partial charge in [0.25, 0.3) is 0 Å². The van der Waals surface area contributed by atoms with Gasteiger partial charge in [0.2, 0.25) is 6.10 Å². The average Bonchev–Trinajstić information content (AvgIpc) is 3.27. The Kier molecular flexibility index (Phi) is 6.96. The highest BCUT2D eigenvalue weighted by Gasteiger charge is 2.29. The summed E-state index contributed by atoms with van der Waals surface area (Å²) in [5, 5.41) is 4.73. The van der Waals surface area contributed by atoms with Crippen molar-refractivity contribution >= 4 is 23.5 Å². The third-order valence-corrected chi connectivity index (χ3v) is 5.02. The van der Waals surface area contributed by atoms with Crippen LogP contribution in [0.2, 0.25) is 0 Å². The van der Waals surface area contributed by atoms with Crippen molar-refractivity contribution in [3.63, 3.8) is 0 Å². The molecule has 0 fully saturated rings. The van der Waals surface area contributed by atoms with E-state index in [-0.39, 0.29) is 6.61 Å². The minimum atomic E-state index is -4.36. The minimum Gasteiger partial charge on any atom is -0.475 e. The molecule has 0 saturated heterocycles. The molecule has 0 bridgehead atoms. The molecule has 1 unspecified atom stereocenters. The molecule has 0 saturated carbocycles. The number of benzene rings is 3. The molecule has 5 nitrogen and oxygen atoms in total. The summed E-state index contributed by atoms with van der Waals surface area (Å²) < 4.78 is 49.2. The number of ether oxygens (including phenoxy) is 1. The van der Waals surface area contributed by atoms with Crippen LogP contribution in [0.4, 0.5) is 13.2 Å². The molecule has 4 aromatic rings. The Morgan fingerprint density at radius 3 is 2.32 bits per heavy atom. The van der Waals surface area contributed by atoms with Gasteiger partial charge in [0.1, 0.15) is 17.9 Å². The number of aldehydes is 1. The van der Waals surface area contributed by atoms with Crippen molar-refractivity contribution in [3.05, 3.63) is 101 Å². The van der Waals surface area contributed by atoms with Gasteiger partial charge >= 0.3 is 6.18 Å². The maximum atomic E-state index is 12.6. The molecule has 0 aliphatic heterocycles. The van der Waals surface area contributed by atoms with Crippen LogP contribution in [0.3, 0.4) is 0 Å². The SMILES string of the molecule is O=CC(Oc1ccc(CC=NOCc2ccc(C(F)(F)F)cc2)cc1)c1cc2ccccc2o1. The molecule has 0 spiro atoms. The number of carbonyl (C=O) groups excluding carboxylic acids is 1. The van der Waals surface area contributed by atoms with Crippen LogP contribution in [-0.2, 0) is 28.8 Å². The number of halogens is 3. The lowest BCUT2D eigenvalue weighted by Gasteiger charge is -2.11. The van der Waals surface area contributed by atoms with E-state index in [0.29, 0.717) is 35.4 Å². The van der Waals surface area contributed by atoms with Gasteiger partial charge < -0.3 is 14.0 Å². The lowest BCUT2D eigenvalue weighted by atomic mass is 10.1. The normalized spacial score (nSPS) is 12.7. The molecule has 174 valence electrons. The average molecular weight is 467 g/mol. The zero-order valence-corrected chi connectivity index (χ0v) is 17.9. The fourth-order valence-electron chi connectivity index (χ4n) is 3.24. The second-order valence-corrected chi connectivity index (χ2v) is 7.47. The lowest BCUT2D eigenvalue weighted by Crippen LogP contribution is -2.07. The summed E-state index contributed by atoms with van der Waals surface area (Å²) in [4.78, 5) is 16.7. The molecule has 3 aromatic carbocycles. The molecule has 1 aromatic heterocycles. The highest BCUT2D eigenvalue weighted by Crippen LogP contribution is 2.29. The smallest absolute Gasteiger partial charge is 0.416 e. The van der Waals surface area contributed by atoms with E-state index in [9.17, 15) is 18.0 Å². The van der Waals surface area contributed by atoms with Crippen LogP contribution in [0.25, 0.3) is 11.0 Å². The number of rotatable bonds is 9. The first-order valence-corrected chi connectivity index (χ1v) is 10.4. The number of para-hydroxylation sites is 1. The molecule has 4 rings (SSSR count). The predicted octanol–water partition coefficient (Wildman–Crippen LogP) is 6.52. The molecule has 0 N–H and O–H groups in total. The Balaban J connectivity index is 1.27. The van der Waals surface area contributed by atoms with E-state index in [2.05, 4.69) is 5.16 Å². The Morgan fingerprint density at radius 1 is 0.941 bits per heavy atom. The fraction of sp³-hybridized carbons (Fsp3) is 0.154. The van der Waals surface area contributed by atoms with E-state index in [4.69, 9.17) is 14.0 Å². The van der Waals surface area contributed by atoms with Crippen molar-refractivity contribution in [1.82, 2.24) is 0 Å². The molecule has 1 heterocycles. The summed E-state index contributed by atoms with van der Waals surface area (Å²) in [6, 6.07) is 21.1. The van der Waals surface area contributed by atoms with E-state index >= 15 is 0 Å². The van der Waals surface area contributed by atoms with Gasteiger partial charge in [0, 0.05) is 18.0 Å². The molecule has 34 heavy (non-hydrogen) atoms. The summed E-state index contributed by atoms with van der Waals surface area (Å²) in [6.07, 6.45) is -2.50. The van der Waals surface area contributed by atoms with E-state index in [1.165, 1.54) is 12.1 Å². The maximum Gasteiger partial charge on any atom is 0.416 e. The number of hydrogen-bond donors (Lipinski definition) is 0. The zero-order chi connectivity index (χ0) is 24.0. The number of carbonyl (C=O) groups is 1. The molecule has 0 aliphatic carbocycles. The lowest BCUT2D eigenvalue weighted by molar-refractivity contribution is -0.137. The number of oxime groups is 1. The van der Waals surface area contributed by atoms with Crippen molar-refractivity contribution in [1.29, 1.82) is 0 Å². The van der Waals surface area contributed by atoms with Crippen molar-refractivity contribution < 1.29 is 32.0 Å². The molecule has 0 aliphatic rings. The van der Waals surface area contributed by atoms with E-state index in [1.54, 1.807) is 24.4 Å². The highest BCUT2D eigenvalue weighted by molar-refractivity contribution is 5.79. The molecular formula is C26H20F3NO4. The van der Waals surface area contributed by atoms with Crippen molar-refractivity contribution in [2.75, 3.05) is 0 Å². The van der Waals surface area contributed by atoms with Crippen molar-refractivity contribution in [2.45, 2.75) is 25.3 Å². The van der Waals surface area contributed by atoms with Crippen LogP contribution in [0.15, 0.2) is 88.4 Å². The van der Waals surface area contributed by atoms with Gasteiger partial charge in [0.05, 0.1) is 5.56 Å². The minimum absolute atomic E-state index is 0.0658. The third-order valence-electron chi connectivity index (χ3n) is 5.02. The van der Waals surface area contributed by atoms with Gasteiger partial charge in [0.15, 0.2) is 12.0 Å². The topological polar surface area (TPSA) is 61.0 Å². The van der Waals surface area contributed by atoms with E-state index in [1.807, 2.05) is 36.4 Å². The molecule has 1 atom stereocenters. The van der Waals surface area contributed by atoms with Crippen LogP contribution in [-0.4, -0.2) is 12.5 Å². The first-order chi connectivity index (χ1) is 16.4. The van der Waals surface area contributed by atoms with E-state index < -0.39 is 17.8 Å². The van der Waals surface area contributed by atoms with Gasteiger partial charge in [-0.3, -0.25) is 4.79 Å². The Morgan fingerprint density at radius 2 is 1.65 bits per heavy atom. The quantitative estimate of drug-likeness (QED) is 0.160. The van der Waals surface area contributed by atoms with Gasteiger partial charge in [-0.2, -0.15) is 13.2 Å². The van der Waals surface area contributed by atoms with Crippen LogP contribution in [0, 0.1) is 0 Å². The monoisotopic (exact) mass is 467 g/mol. The van der Waals surface area contributed by atoms with Gasteiger partial charge in [-0.05, 0) is 47.5 Å². The molecule has 8 heteroatoms. The van der Waals surface area contributed by atoms with Crippen LogP contribution >= 0.6 is 0 Å². The van der Waals surface area contributed by atoms with Crippen LogP contribution in [0.5, 0.6) is 5.75 Å². The molecule has 0 radical (unpaired) electrons. The van der Waals surface area contributed by atoms with Crippen molar-refractivity contribution in [2.24, 2.45) is 5.16 Å². The molecule has 0 amide bonds. The van der Waals surface area contributed by atoms with E-state index in [0.717, 1.165) is 23.1 Å². The Labute approximate surface area is 193 Å². The third kappa shape index (κ3) is 5.83. The van der Waals surface area contributed by atoms with Gasteiger partial charge in [-0.15, -0.1) is 0 Å². The summed E-state index contributed by atoms with van der Waals surface area (Å²) in [7, 11) is 0. The predicted molar refractivity (Wildman–Crippen MR) is 121 cm³/mol. The molecular weight excluding hydrogens is 447 g/mol. The summed E-state index contributed by atoms with van der Waals surface area (Å²) in [5.74, 6) is 0.939. The van der Waals surface area contributed by atoms with Gasteiger partial charge in [-0.25, -0.2) is 0 Å². The Bertz CT molecular complexity index is 1230.